The van der Waals surface area contributed by atoms with Crippen LogP contribution < -0.4 is 0 Å². The second-order valence-corrected chi connectivity index (χ2v) is 8.23. The number of hydroxylamine groups is 2. The Labute approximate surface area is 177 Å². The molecule has 30 heavy (non-hydrogen) atoms. The van der Waals surface area contributed by atoms with Crippen molar-refractivity contribution in [2.45, 2.75) is 72.0 Å². The second-order valence-electron chi connectivity index (χ2n) is 8.23. The van der Waals surface area contributed by atoms with Gasteiger partial charge in [-0.25, -0.2) is 9.48 Å². The quantitative estimate of drug-likeness (QED) is 0.480. The van der Waals surface area contributed by atoms with Crippen LogP contribution in [-0.2, 0) is 32.0 Å². The van der Waals surface area contributed by atoms with Crippen molar-refractivity contribution >= 4 is 11.9 Å². The van der Waals surface area contributed by atoms with Crippen molar-refractivity contribution < 1.29 is 24.3 Å². The number of hydrogen-bond donors (Lipinski definition) is 1. The molecule has 0 aromatic carbocycles. The first-order valence-electron chi connectivity index (χ1n) is 10.2. The molecule has 2 rings (SSSR count). The molecule has 1 aromatic heterocycles. The molecule has 166 valence electrons. The molecule has 1 aliphatic heterocycles. The van der Waals surface area contributed by atoms with E-state index in [0.29, 0.717) is 24.3 Å². The first-order chi connectivity index (χ1) is 14.0. The van der Waals surface area contributed by atoms with Gasteiger partial charge in [0.15, 0.2) is 0 Å². The number of rotatable bonds is 9. The Morgan fingerprint density at radius 1 is 1.17 bits per heavy atom. The van der Waals surface area contributed by atoms with E-state index in [1.807, 2.05) is 33.8 Å². The number of esters is 2. The third kappa shape index (κ3) is 5.54. The van der Waals surface area contributed by atoms with E-state index in [-0.39, 0.29) is 25.5 Å². The standard InChI is InChI=1S/C21H32N4O5/c1-7-29-18(26)10-9-17-14-24(23-22-17)13-15(19(27)30-8-2)11-16-12-20(3,4)25(28)21(16,5)6/h11-12,14,28H,7-10,13H2,1-6H3/b15-11+. The fourth-order valence-electron chi connectivity index (χ4n) is 3.43. The van der Waals surface area contributed by atoms with Crippen molar-refractivity contribution in [2.24, 2.45) is 0 Å². The van der Waals surface area contributed by atoms with Crippen molar-refractivity contribution in [3.05, 3.63) is 35.2 Å². The van der Waals surface area contributed by atoms with Crippen LogP contribution in [0.25, 0.3) is 0 Å². The van der Waals surface area contributed by atoms with Gasteiger partial charge in [0, 0.05) is 12.6 Å². The molecule has 9 heteroatoms. The minimum atomic E-state index is -0.672. The molecule has 0 atom stereocenters. The molecule has 0 unspecified atom stereocenters. The Kier molecular flexibility index (Phi) is 7.54. The van der Waals surface area contributed by atoms with Gasteiger partial charge in [0.2, 0.25) is 0 Å². The zero-order chi connectivity index (χ0) is 22.5. The van der Waals surface area contributed by atoms with E-state index in [4.69, 9.17) is 9.47 Å². The fraction of sp³-hybridized carbons (Fsp3) is 0.619. The Balaban J connectivity index is 2.22. The molecule has 2 heterocycles. The van der Waals surface area contributed by atoms with Crippen molar-refractivity contribution in [3.8, 4) is 0 Å². The minimum absolute atomic E-state index is 0.157. The highest BCUT2D eigenvalue weighted by Gasteiger charge is 2.44. The highest BCUT2D eigenvalue weighted by Crippen LogP contribution is 2.39. The van der Waals surface area contributed by atoms with Crippen LogP contribution in [0.4, 0.5) is 0 Å². The number of nitrogens with zero attached hydrogens (tertiary/aromatic N) is 4. The molecule has 1 N–H and O–H groups in total. The van der Waals surface area contributed by atoms with E-state index >= 15 is 0 Å². The fourth-order valence-corrected chi connectivity index (χ4v) is 3.43. The van der Waals surface area contributed by atoms with Crippen LogP contribution in [0.15, 0.2) is 29.5 Å². The zero-order valence-electron chi connectivity index (χ0n) is 18.6. The van der Waals surface area contributed by atoms with Gasteiger partial charge in [-0.3, -0.25) is 4.79 Å². The lowest BCUT2D eigenvalue weighted by molar-refractivity contribution is -0.184. The number of carbonyl (C=O) groups excluding carboxylic acids is 2. The van der Waals surface area contributed by atoms with Crippen LogP contribution >= 0.6 is 0 Å². The van der Waals surface area contributed by atoms with Gasteiger partial charge in [0.05, 0.1) is 48.5 Å². The van der Waals surface area contributed by atoms with Crippen LogP contribution in [0, 0.1) is 0 Å². The van der Waals surface area contributed by atoms with Gasteiger partial charge in [-0.15, -0.1) is 5.10 Å². The summed E-state index contributed by atoms with van der Waals surface area (Å²) in [4.78, 5) is 24.1. The second kappa shape index (κ2) is 9.53. The molecule has 0 amide bonds. The van der Waals surface area contributed by atoms with Crippen LogP contribution in [-0.4, -0.2) is 61.5 Å². The van der Waals surface area contributed by atoms with Crippen molar-refractivity contribution in [2.75, 3.05) is 13.2 Å². The van der Waals surface area contributed by atoms with Crippen LogP contribution in [0.1, 0.15) is 53.7 Å². The third-order valence-corrected chi connectivity index (χ3v) is 4.97. The molecule has 0 bridgehead atoms. The lowest BCUT2D eigenvalue weighted by atomic mass is 9.94. The molecular formula is C21H32N4O5. The normalized spacial score (nSPS) is 18.2. The predicted octanol–water partition coefficient (Wildman–Crippen LogP) is 2.45. The maximum absolute atomic E-state index is 12.6. The predicted molar refractivity (Wildman–Crippen MR) is 110 cm³/mol. The summed E-state index contributed by atoms with van der Waals surface area (Å²) in [5.41, 5.74) is 0.594. The van der Waals surface area contributed by atoms with Crippen molar-refractivity contribution in [3.63, 3.8) is 0 Å². The molecule has 0 fully saturated rings. The van der Waals surface area contributed by atoms with Crippen LogP contribution in [0.2, 0.25) is 0 Å². The number of aryl methyl sites for hydroxylation is 1. The Morgan fingerprint density at radius 2 is 1.83 bits per heavy atom. The first-order valence-corrected chi connectivity index (χ1v) is 10.2. The summed E-state index contributed by atoms with van der Waals surface area (Å²) >= 11 is 0. The molecule has 0 spiro atoms. The maximum Gasteiger partial charge on any atom is 0.335 e. The summed E-state index contributed by atoms with van der Waals surface area (Å²) < 4.78 is 11.7. The Hall–Kier alpha value is -2.52. The number of hydrogen-bond acceptors (Lipinski definition) is 8. The Bertz CT molecular complexity index is 838. The lowest BCUT2D eigenvalue weighted by Gasteiger charge is -2.35. The molecule has 0 saturated carbocycles. The van der Waals surface area contributed by atoms with Crippen LogP contribution in [0.3, 0.4) is 0 Å². The maximum atomic E-state index is 12.6. The number of ether oxygens (including phenoxy) is 2. The number of carbonyl (C=O) groups is 2. The van der Waals surface area contributed by atoms with Gasteiger partial charge in [-0.2, -0.15) is 5.06 Å². The van der Waals surface area contributed by atoms with Crippen molar-refractivity contribution in [1.82, 2.24) is 20.1 Å². The third-order valence-electron chi connectivity index (χ3n) is 4.97. The first kappa shape index (κ1) is 23.8. The van der Waals surface area contributed by atoms with E-state index in [9.17, 15) is 14.8 Å². The van der Waals surface area contributed by atoms with Crippen molar-refractivity contribution in [1.29, 1.82) is 0 Å². The lowest BCUT2D eigenvalue weighted by Crippen LogP contribution is -2.47. The number of aromatic nitrogens is 3. The van der Waals surface area contributed by atoms with Gasteiger partial charge in [0.1, 0.15) is 0 Å². The van der Waals surface area contributed by atoms with E-state index in [0.717, 1.165) is 5.57 Å². The van der Waals surface area contributed by atoms with Gasteiger partial charge in [0.25, 0.3) is 0 Å². The molecule has 0 saturated heterocycles. The molecule has 1 aromatic rings. The van der Waals surface area contributed by atoms with E-state index in [1.54, 1.807) is 26.1 Å². The smallest absolute Gasteiger partial charge is 0.335 e. The summed E-state index contributed by atoms with van der Waals surface area (Å²) in [6, 6.07) is 0. The molecule has 1 aliphatic rings. The summed E-state index contributed by atoms with van der Waals surface area (Å²) in [6.45, 7) is 11.8. The zero-order valence-corrected chi connectivity index (χ0v) is 18.6. The van der Waals surface area contributed by atoms with Gasteiger partial charge < -0.3 is 14.7 Å². The topological polar surface area (TPSA) is 107 Å². The average Bonchev–Trinajstić information content (AvgIpc) is 3.17. The van der Waals surface area contributed by atoms with E-state index in [1.165, 1.54) is 9.75 Å². The molecule has 0 aliphatic carbocycles. The average molecular weight is 421 g/mol. The minimum Gasteiger partial charge on any atom is -0.466 e. The van der Waals surface area contributed by atoms with Gasteiger partial charge in [-0.1, -0.05) is 11.3 Å². The van der Waals surface area contributed by atoms with Gasteiger partial charge in [-0.05, 0) is 53.2 Å². The summed E-state index contributed by atoms with van der Waals surface area (Å²) in [5, 5.41) is 19.9. The monoisotopic (exact) mass is 420 g/mol. The highest BCUT2D eigenvalue weighted by molar-refractivity contribution is 5.89. The largest absolute Gasteiger partial charge is 0.466 e. The summed E-state index contributed by atoms with van der Waals surface area (Å²) in [7, 11) is 0. The van der Waals surface area contributed by atoms with E-state index < -0.39 is 17.0 Å². The SMILES string of the molecule is CCOC(=O)CCc1cn(C/C(=C\C2=CC(C)(C)N(O)C2(C)C)C(=O)OCC)nn1. The molecule has 0 radical (unpaired) electrons. The Morgan fingerprint density at radius 3 is 2.40 bits per heavy atom. The summed E-state index contributed by atoms with van der Waals surface area (Å²) in [6.07, 6.45) is 6.00. The van der Waals surface area contributed by atoms with Gasteiger partial charge >= 0.3 is 11.9 Å². The molecular weight excluding hydrogens is 388 g/mol. The van der Waals surface area contributed by atoms with Crippen LogP contribution in [0.5, 0.6) is 0 Å². The molecule has 9 nitrogen and oxygen atoms in total. The summed E-state index contributed by atoms with van der Waals surface area (Å²) in [5.74, 6) is -0.738. The van der Waals surface area contributed by atoms with E-state index in [2.05, 4.69) is 10.3 Å². The highest BCUT2D eigenvalue weighted by atomic mass is 16.5.